The highest BCUT2D eigenvalue weighted by Crippen LogP contribution is 2.29. The highest BCUT2D eigenvalue weighted by atomic mass is 127. The third-order valence-corrected chi connectivity index (χ3v) is 4.22. The summed E-state index contributed by atoms with van der Waals surface area (Å²) in [4.78, 5) is 24.2. The topological polar surface area (TPSA) is 77.8 Å². The van der Waals surface area contributed by atoms with Gasteiger partial charge in [-0.05, 0) is 57.3 Å². The first kappa shape index (κ1) is 13.8. The van der Waals surface area contributed by atoms with Crippen molar-refractivity contribution in [3.63, 3.8) is 0 Å². The smallest absolute Gasteiger partial charge is 0.310 e. The molecule has 0 bridgehead atoms. The van der Waals surface area contributed by atoms with Gasteiger partial charge < -0.3 is 15.1 Å². The Balaban J connectivity index is 2.18. The maximum Gasteiger partial charge on any atom is 0.310 e. The lowest BCUT2D eigenvalue weighted by atomic mass is 9.99. The number of rotatable bonds is 2. The van der Waals surface area contributed by atoms with Gasteiger partial charge in [0.15, 0.2) is 0 Å². The lowest BCUT2D eigenvalue weighted by Gasteiger charge is -2.36. The van der Waals surface area contributed by atoms with Crippen LogP contribution in [0.4, 0.5) is 0 Å². The molecule has 1 fully saturated rings. The van der Waals surface area contributed by atoms with E-state index in [0.717, 1.165) is 3.57 Å². The van der Waals surface area contributed by atoms with Crippen LogP contribution in [-0.4, -0.2) is 40.1 Å². The maximum absolute atomic E-state index is 12.1. The summed E-state index contributed by atoms with van der Waals surface area (Å²) in [6.45, 7) is 0.408. The van der Waals surface area contributed by atoms with Crippen LogP contribution < -0.4 is 0 Å². The zero-order chi connectivity index (χ0) is 13.4. The van der Waals surface area contributed by atoms with E-state index in [-0.39, 0.29) is 30.3 Å². The molecule has 1 amide bonds. The summed E-state index contributed by atoms with van der Waals surface area (Å²) >= 11 is 4.03. The Bertz CT molecular complexity index is 526. The van der Waals surface area contributed by atoms with E-state index in [2.05, 4.69) is 22.6 Å². The number of halogens is 2. The molecule has 0 aliphatic carbocycles. The van der Waals surface area contributed by atoms with Gasteiger partial charge in [0.2, 0.25) is 0 Å². The SMILES string of the molecule is O=C(O)C1CN(C(=O)c2cc(I)cc(I)c2O)C1. The summed E-state index contributed by atoms with van der Waals surface area (Å²) in [5.74, 6) is -1.74. The number of phenols is 1. The van der Waals surface area contributed by atoms with E-state index in [1.54, 1.807) is 12.1 Å². The van der Waals surface area contributed by atoms with Crippen molar-refractivity contribution < 1.29 is 19.8 Å². The molecule has 0 atom stereocenters. The van der Waals surface area contributed by atoms with Crippen LogP contribution in [0.3, 0.4) is 0 Å². The number of nitrogens with zero attached hydrogens (tertiary/aromatic N) is 1. The van der Waals surface area contributed by atoms with Crippen molar-refractivity contribution in [1.29, 1.82) is 0 Å². The minimum atomic E-state index is -0.888. The molecule has 2 rings (SSSR count). The number of carbonyl (C=O) groups excluding carboxylic acids is 1. The Morgan fingerprint density at radius 2 is 1.89 bits per heavy atom. The molecule has 18 heavy (non-hydrogen) atoms. The van der Waals surface area contributed by atoms with Gasteiger partial charge in [-0.3, -0.25) is 9.59 Å². The first-order valence-electron chi connectivity index (χ1n) is 5.10. The zero-order valence-electron chi connectivity index (χ0n) is 9.06. The monoisotopic (exact) mass is 473 g/mol. The zero-order valence-corrected chi connectivity index (χ0v) is 13.4. The van der Waals surface area contributed by atoms with Gasteiger partial charge in [-0.1, -0.05) is 0 Å². The van der Waals surface area contributed by atoms with Crippen LogP contribution in [-0.2, 0) is 4.79 Å². The van der Waals surface area contributed by atoms with Gasteiger partial charge in [0.25, 0.3) is 5.91 Å². The number of likely N-dealkylation sites (tertiary alicyclic amines) is 1. The second kappa shape index (κ2) is 5.19. The predicted molar refractivity (Wildman–Crippen MR) is 80.6 cm³/mol. The van der Waals surface area contributed by atoms with Gasteiger partial charge in [-0.25, -0.2) is 0 Å². The van der Waals surface area contributed by atoms with Crippen LogP contribution >= 0.6 is 45.2 Å². The quantitative estimate of drug-likeness (QED) is 0.643. The van der Waals surface area contributed by atoms with Crippen molar-refractivity contribution in [2.75, 3.05) is 13.1 Å². The third kappa shape index (κ3) is 2.56. The van der Waals surface area contributed by atoms with Gasteiger partial charge in [-0.15, -0.1) is 0 Å². The van der Waals surface area contributed by atoms with Crippen molar-refractivity contribution in [2.24, 2.45) is 5.92 Å². The number of carboxylic acid groups (broad SMARTS) is 1. The minimum absolute atomic E-state index is 0.0419. The molecule has 1 aromatic carbocycles. The van der Waals surface area contributed by atoms with Crippen molar-refractivity contribution in [3.05, 3.63) is 24.8 Å². The second-order valence-electron chi connectivity index (χ2n) is 4.03. The van der Waals surface area contributed by atoms with E-state index in [4.69, 9.17) is 5.11 Å². The van der Waals surface area contributed by atoms with Gasteiger partial charge in [0.05, 0.1) is 15.1 Å². The largest absolute Gasteiger partial charge is 0.506 e. The summed E-state index contributed by atoms with van der Waals surface area (Å²) in [6, 6.07) is 3.37. The summed E-state index contributed by atoms with van der Waals surface area (Å²) < 4.78 is 1.46. The number of aliphatic carboxylic acids is 1. The highest BCUT2D eigenvalue weighted by molar-refractivity contribution is 14.1. The molecule has 1 aromatic rings. The lowest BCUT2D eigenvalue weighted by Crippen LogP contribution is -2.53. The van der Waals surface area contributed by atoms with E-state index in [9.17, 15) is 14.7 Å². The summed E-state index contributed by atoms with van der Waals surface area (Å²) in [6.07, 6.45) is 0. The van der Waals surface area contributed by atoms with E-state index >= 15 is 0 Å². The van der Waals surface area contributed by atoms with Crippen molar-refractivity contribution in [1.82, 2.24) is 4.90 Å². The molecule has 1 aliphatic heterocycles. The molecule has 7 heteroatoms. The van der Waals surface area contributed by atoms with Crippen LogP contribution in [0.2, 0.25) is 0 Å². The van der Waals surface area contributed by atoms with Crippen molar-refractivity contribution in [2.45, 2.75) is 0 Å². The Morgan fingerprint density at radius 3 is 2.44 bits per heavy atom. The fourth-order valence-corrected chi connectivity index (χ4v) is 3.54. The molecule has 5 nitrogen and oxygen atoms in total. The number of carbonyl (C=O) groups is 2. The van der Waals surface area contributed by atoms with E-state index in [1.807, 2.05) is 22.6 Å². The average molecular weight is 473 g/mol. The molecule has 96 valence electrons. The summed E-state index contributed by atoms with van der Waals surface area (Å²) in [7, 11) is 0. The number of phenolic OH excluding ortho intramolecular Hbond substituents is 1. The molecule has 0 radical (unpaired) electrons. The van der Waals surface area contributed by atoms with Gasteiger partial charge in [0, 0.05) is 16.7 Å². The summed E-state index contributed by atoms with van der Waals surface area (Å²) in [5, 5.41) is 18.6. The number of hydrogen-bond donors (Lipinski definition) is 2. The van der Waals surface area contributed by atoms with Crippen LogP contribution in [0.1, 0.15) is 10.4 Å². The number of benzene rings is 1. The first-order valence-corrected chi connectivity index (χ1v) is 7.26. The number of hydrogen-bond acceptors (Lipinski definition) is 3. The van der Waals surface area contributed by atoms with Crippen LogP contribution in [0.25, 0.3) is 0 Å². The Morgan fingerprint density at radius 1 is 1.28 bits per heavy atom. The predicted octanol–water partition coefficient (Wildman–Crippen LogP) is 1.76. The number of aromatic hydroxyl groups is 1. The first-order chi connectivity index (χ1) is 8.40. The summed E-state index contributed by atoms with van der Waals surface area (Å²) in [5.41, 5.74) is 0.232. The van der Waals surface area contributed by atoms with E-state index < -0.39 is 11.9 Å². The lowest BCUT2D eigenvalue weighted by molar-refractivity contribution is -0.146. The van der Waals surface area contributed by atoms with Crippen LogP contribution in [0.5, 0.6) is 5.75 Å². The molecule has 1 saturated heterocycles. The molecule has 2 N–H and O–H groups in total. The number of amides is 1. The molecule has 0 aromatic heterocycles. The molecule has 0 spiro atoms. The Labute approximate surface area is 130 Å². The van der Waals surface area contributed by atoms with Gasteiger partial charge >= 0.3 is 5.97 Å². The molecule has 1 heterocycles. The molecule has 0 saturated carbocycles. The van der Waals surface area contributed by atoms with Crippen LogP contribution in [0, 0.1) is 13.1 Å². The fraction of sp³-hybridized carbons (Fsp3) is 0.273. The van der Waals surface area contributed by atoms with E-state index in [0.29, 0.717) is 3.57 Å². The maximum atomic E-state index is 12.1. The average Bonchev–Trinajstić information content (AvgIpc) is 2.20. The minimum Gasteiger partial charge on any atom is -0.506 e. The Kier molecular flexibility index (Phi) is 3.99. The Hall–Kier alpha value is -0.580. The van der Waals surface area contributed by atoms with Crippen LogP contribution in [0.15, 0.2) is 12.1 Å². The van der Waals surface area contributed by atoms with Gasteiger partial charge in [-0.2, -0.15) is 0 Å². The molecular formula is C11H9I2NO4. The second-order valence-corrected chi connectivity index (χ2v) is 6.44. The normalized spacial score (nSPS) is 15.3. The van der Waals surface area contributed by atoms with Crippen molar-refractivity contribution >= 4 is 57.1 Å². The molecule has 1 aliphatic rings. The van der Waals surface area contributed by atoms with E-state index in [1.165, 1.54) is 4.90 Å². The standard InChI is InChI=1S/C11H9I2NO4/c12-6-1-7(9(15)8(13)2-6)10(16)14-3-5(4-14)11(17)18/h1-2,5,15H,3-4H2,(H,17,18). The molecule has 0 unspecified atom stereocenters. The van der Waals surface area contributed by atoms with Gasteiger partial charge in [0.1, 0.15) is 5.75 Å². The van der Waals surface area contributed by atoms with Crippen molar-refractivity contribution in [3.8, 4) is 5.75 Å². The highest BCUT2D eigenvalue weighted by Gasteiger charge is 2.36. The molecular weight excluding hydrogens is 464 g/mol. The fourth-order valence-electron chi connectivity index (χ4n) is 1.70. The number of carboxylic acids is 1. The third-order valence-electron chi connectivity index (χ3n) is 2.78.